The van der Waals surface area contributed by atoms with Gasteiger partial charge in [0.05, 0.1) is 19.8 Å². The number of hydroxylamine groups is 2. The highest BCUT2D eigenvalue weighted by atomic mass is 16.7. The lowest BCUT2D eigenvalue weighted by molar-refractivity contribution is -0.103. The molecule has 0 spiro atoms. The predicted octanol–water partition coefficient (Wildman–Crippen LogP) is 4.37. The topological polar surface area (TPSA) is 83.0 Å². The molecular weight excluding hydrogens is 398 g/mol. The molecule has 31 heavy (non-hydrogen) atoms. The Labute approximate surface area is 181 Å². The van der Waals surface area contributed by atoms with Crippen LogP contribution in [0.5, 0.6) is 23.3 Å². The first-order chi connectivity index (χ1) is 15.1. The van der Waals surface area contributed by atoms with Crippen molar-refractivity contribution in [1.82, 2.24) is 15.0 Å². The van der Waals surface area contributed by atoms with Crippen molar-refractivity contribution < 1.29 is 23.8 Å². The number of carbonyl (C=O) groups excluding carboxylic acids is 1. The lowest BCUT2D eigenvalue weighted by atomic mass is 9.99. The molecule has 0 unspecified atom stereocenters. The minimum atomic E-state index is -0.435. The van der Waals surface area contributed by atoms with E-state index < -0.39 is 5.97 Å². The highest BCUT2D eigenvalue weighted by molar-refractivity contribution is 5.97. The molecule has 0 radical (unpaired) electrons. The quantitative estimate of drug-likeness (QED) is 0.469. The summed E-state index contributed by atoms with van der Waals surface area (Å²) in [4.78, 5) is 26.5. The maximum atomic E-state index is 12.8. The number of hydrogen-bond acceptors (Lipinski definition) is 8. The molecule has 0 N–H and O–H groups in total. The van der Waals surface area contributed by atoms with Crippen LogP contribution in [0.1, 0.15) is 24.2 Å². The van der Waals surface area contributed by atoms with Gasteiger partial charge in [-0.2, -0.15) is 0 Å². The second-order valence-electron chi connectivity index (χ2n) is 6.38. The van der Waals surface area contributed by atoms with Crippen LogP contribution in [0.2, 0.25) is 0 Å². The molecule has 0 aliphatic carbocycles. The molecule has 0 saturated carbocycles. The molecule has 0 aliphatic rings. The van der Waals surface area contributed by atoms with Gasteiger partial charge in [0.1, 0.15) is 0 Å². The summed E-state index contributed by atoms with van der Waals surface area (Å²) in [6, 6.07) is 12.6. The van der Waals surface area contributed by atoms with E-state index in [9.17, 15) is 4.79 Å². The highest BCUT2D eigenvalue weighted by Gasteiger charge is 2.21. The fourth-order valence-electron chi connectivity index (χ4n) is 3.00. The smallest absolute Gasteiger partial charge is 0.357 e. The zero-order valence-corrected chi connectivity index (χ0v) is 18.0. The first kappa shape index (κ1) is 22.0. The molecule has 1 heterocycles. The van der Waals surface area contributed by atoms with Gasteiger partial charge in [-0.05, 0) is 49.2 Å². The minimum absolute atomic E-state index is 0.162. The van der Waals surface area contributed by atoms with Crippen LogP contribution in [-0.2, 0) is 4.84 Å². The number of hydrogen-bond donors (Lipinski definition) is 0. The van der Waals surface area contributed by atoms with E-state index in [0.717, 1.165) is 0 Å². The molecule has 0 amide bonds. The number of rotatable bonds is 9. The number of ether oxygens (including phenoxy) is 3. The normalized spacial score (nSPS) is 10.6. The molecule has 0 fully saturated rings. The van der Waals surface area contributed by atoms with E-state index in [4.69, 9.17) is 19.0 Å². The SMILES string of the molecule is CCN(CC)OC(=O)c1ccccc1-c1cc(OC)c(Oc2ncccn2)c(OC)c1. The van der Waals surface area contributed by atoms with Crippen molar-refractivity contribution in [1.29, 1.82) is 0 Å². The van der Waals surface area contributed by atoms with Gasteiger partial charge in [-0.15, -0.1) is 5.06 Å². The van der Waals surface area contributed by atoms with Crippen molar-refractivity contribution in [2.24, 2.45) is 0 Å². The van der Waals surface area contributed by atoms with Crippen LogP contribution in [0.4, 0.5) is 0 Å². The predicted molar refractivity (Wildman–Crippen MR) is 115 cm³/mol. The van der Waals surface area contributed by atoms with Crippen molar-refractivity contribution in [3.63, 3.8) is 0 Å². The van der Waals surface area contributed by atoms with Gasteiger partial charge in [0, 0.05) is 25.5 Å². The van der Waals surface area contributed by atoms with Crippen molar-refractivity contribution >= 4 is 5.97 Å². The Hall–Kier alpha value is -3.65. The molecule has 0 atom stereocenters. The Morgan fingerprint density at radius 2 is 1.55 bits per heavy atom. The van der Waals surface area contributed by atoms with Gasteiger partial charge in [0.15, 0.2) is 11.5 Å². The fraction of sp³-hybridized carbons (Fsp3) is 0.261. The number of benzene rings is 2. The molecular formula is C23H25N3O5. The molecule has 0 saturated heterocycles. The molecule has 3 rings (SSSR count). The van der Waals surface area contributed by atoms with E-state index in [1.165, 1.54) is 14.2 Å². The summed E-state index contributed by atoms with van der Waals surface area (Å²) >= 11 is 0. The molecule has 8 nitrogen and oxygen atoms in total. The van der Waals surface area contributed by atoms with Gasteiger partial charge in [-0.3, -0.25) is 0 Å². The van der Waals surface area contributed by atoms with Crippen LogP contribution in [-0.4, -0.2) is 48.3 Å². The van der Waals surface area contributed by atoms with Gasteiger partial charge >= 0.3 is 12.0 Å². The molecule has 3 aromatic rings. The Morgan fingerprint density at radius 3 is 2.13 bits per heavy atom. The third-order valence-electron chi connectivity index (χ3n) is 4.57. The van der Waals surface area contributed by atoms with E-state index >= 15 is 0 Å². The number of carbonyl (C=O) groups is 1. The summed E-state index contributed by atoms with van der Waals surface area (Å²) in [6.07, 6.45) is 3.15. The van der Waals surface area contributed by atoms with E-state index in [1.54, 1.807) is 47.8 Å². The molecule has 8 heteroatoms. The Kier molecular flexibility index (Phi) is 7.40. The second-order valence-corrected chi connectivity index (χ2v) is 6.38. The van der Waals surface area contributed by atoms with Crippen LogP contribution in [0, 0.1) is 0 Å². The number of aromatic nitrogens is 2. The van der Waals surface area contributed by atoms with Crippen molar-refractivity contribution in [3.8, 4) is 34.4 Å². The van der Waals surface area contributed by atoms with Crippen molar-refractivity contribution in [2.45, 2.75) is 13.8 Å². The maximum absolute atomic E-state index is 12.8. The summed E-state index contributed by atoms with van der Waals surface area (Å²) in [6.45, 7) is 5.04. The summed E-state index contributed by atoms with van der Waals surface area (Å²) < 4.78 is 16.9. The third-order valence-corrected chi connectivity index (χ3v) is 4.57. The van der Waals surface area contributed by atoms with Gasteiger partial charge < -0.3 is 19.0 Å². The average molecular weight is 423 g/mol. The molecule has 0 aliphatic heterocycles. The number of nitrogens with zero attached hydrogens (tertiary/aromatic N) is 3. The van der Waals surface area contributed by atoms with Crippen LogP contribution in [0.15, 0.2) is 54.9 Å². The van der Waals surface area contributed by atoms with E-state index in [2.05, 4.69) is 9.97 Å². The third kappa shape index (κ3) is 5.10. The first-order valence-electron chi connectivity index (χ1n) is 9.88. The van der Waals surface area contributed by atoms with Crippen LogP contribution in [0.3, 0.4) is 0 Å². The van der Waals surface area contributed by atoms with E-state index in [0.29, 0.717) is 47.0 Å². The lowest BCUT2D eigenvalue weighted by Gasteiger charge is -2.19. The van der Waals surface area contributed by atoms with Crippen molar-refractivity contribution in [2.75, 3.05) is 27.3 Å². The summed E-state index contributed by atoms with van der Waals surface area (Å²) in [5.41, 5.74) is 1.82. The average Bonchev–Trinajstić information content (AvgIpc) is 2.83. The zero-order valence-electron chi connectivity index (χ0n) is 18.0. The Morgan fingerprint density at radius 1 is 0.935 bits per heavy atom. The van der Waals surface area contributed by atoms with E-state index in [1.807, 2.05) is 26.0 Å². The van der Waals surface area contributed by atoms with E-state index in [-0.39, 0.29) is 6.01 Å². The van der Waals surface area contributed by atoms with Gasteiger partial charge in [0.25, 0.3) is 0 Å². The largest absolute Gasteiger partial charge is 0.493 e. The van der Waals surface area contributed by atoms with Gasteiger partial charge in [0.2, 0.25) is 5.75 Å². The molecule has 1 aromatic heterocycles. The van der Waals surface area contributed by atoms with Crippen LogP contribution >= 0.6 is 0 Å². The maximum Gasteiger partial charge on any atom is 0.357 e. The monoisotopic (exact) mass is 423 g/mol. The second kappa shape index (κ2) is 10.4. The Balaban J connectivity index is 2.03. The van der Waals surface area contributed by atoms with Gasteiger partial charge in [-0.25, -0.2) is 14.8 Å². The first-order valence-corrected chi connectivity index (χ1v) is 9.88. The van der Waals surface area contributed by atoms with Crippen LogP contribution < -0.4 is 14.2 Å². The lowest BCUT2D eigenvalue weighted by Crippen LogP contribution is -2.27. The standard InChI is InChI=1S/C23H25N3O5/c1-5-26(6-2)31-22(27)18-11-8-7-10-17(18)16-14-19(28-3)21(20(15-16)29-4)30-23-24-12-9-13-25-23/h7-15H,5-6H2,1-4H3. The fourth-order valence-corrected chi connectivity index (χ4v) is 3.00. The summed E-state index contributed by atoms with van der Waals surface area (Å²) in [5, 5.41) is 1.59. The molecule has 0 bridgehead atoms. The summed E-state index contributed by atoms with van der Waals surface area (Å²) in [7, 11) is 3.05. The number of methoxy groups -OCH3 is 2. The molecule has 162 valence electrons. The van der Waals surface area contributed by atoms with Crippen molar-refractivity contribution in [3.05, 3.63) is 60.4 Å². The zero-order chi connectivity index (χ0) is 22.2. The Bertz CT molecular complexity index is 998. The van der Waals surface area contributed by atoms with Gasteiger partial charge in [-0.1, -0.05) is 18.2 Å². The van der Waals surface area contributed by atoms with Crippen LogP contribution in [0.25, 0.3) is 11.1 Å². The minimum Gasteiger partial charge on any atom is -0.493 e. The highest BCUT2D eigenvalue weighted by Crippen LogP contribution is 2.43. The molecule has 2 aromatic carbocycles. The summed E-state index contributed by atoms with van der Waals surface area (Å²) in [5.74, 6) is 0.723.